The van der Waals surface area contributed by atoms with Gasteiger partial charge in [-0.25, -0.2) is 14.9 Å². The Morgan fingerprint density at radius 3 is 2.96 bits per heavy atom. The molecule has 2 aromatic heterocycles. The molecule has 3 aromatic rings. The molecule has 0 saturated carbocycles. The molecular weight excluding hydrogens is 370 g/mol. The molecule has 0 radical (unpaired) electrons. The summed E-state index contributed by atoms with van der Waals surface area (Å²) >= 11 is 1.16. The van der Waals surface area contributed by atoms with E-state index in [1.165, 1.54) is 18.3 Å². The molecule has 27 heavy (non-hydrogen) atoms. The lowest BCUT2D eigenvalue weighted by atomic mass is 10.2. The molecule has 0 atom stereocenters. The van der Waals surface area contributed by atoms with Crippen molar-refractivity contribution >= 4 is 35.3 Å². The number of thioether (sulfide) groups is 1. The van der Waals surface area contributed by atoms with Crippen molar-refractivity contribution in [3.63, 3.8) is 0 Å². The van der Waals surface area contributed by atoms with Gasteiger partial charge in [-0.2, -0.15) is 10.1 Å². The Balaban J connectivity index is 1.56. The van der Waals surface area contributed by atoms with Crippen LogP contribution in [0.25, 0.3) is 5.78 Å². The first-order valence-electron chi connectivity index (χ1n) is 7.82. The molecule has 10 nitrogen and oxygen atoms in total. The van der Waals surface area contributed by atoms with Gasteiger partial charge in [0.15, 0.2) is 0 Å². The summed E-state index contributed by atoms with van der Waals surface area (Å²) in [6.45, 7) is 3.78. The van der Waals surface area contributed by atoms with E-state index in [0.717, 1.165) is 23.1 Å². The van der Waals surface area contributed by atoms with Gasteiger partial charge in [-0.3, -0.25) is 14.9 Å². The number of carbonyl (C=O) groups is 1. The standard InChI is InChI=1S/C16H15N7O3S/c1-10-6-11(2)22-15(18-10)19-16(21-22)27-9-14(24)20-17-8-12-4-3-5-13(7-12)23(25)26/h3-8H,9H2,1-2H3,(H,20,24)/b17-8+. The summed E-state index contributed by atoms with van der Waals surface area (Å²) in [5.41, 5.74) is 4.58. The molecule has 1 aromatic carbocycles. The van der Waals surface area contributed by atoms with E-state index >= 15 is 0 Å². The third kappa shape index (κ3) is 4.64. The number of nitrogens with one attached hydrogen (secondary N) is 1. The van der Waals surface area contributed by atoms with Crippen LogP contribution in [0.4, 0.5) is 5.69 Å². The predicted octanol–water partition coefficient (Wildman–Crippen LogP) is 1.89. The molecule has 1 N–H and O–H groups in total. The first-order valence-corrected chi connectivity index (χ1v) is 8.81. The smallest absolute Gasteiger partial charge is 0.270 e. The Labute approximate surface area is 157 Å². The van der Waals surface area contributed by atoms with Crippen LogP contribution < -0.4 is 5.43 Å². The number of hydrogen-bond acceptors (Lipinski definition) is 8. The number of hydrazone groups is 1. The first kappa shape index (κ1) is 18.5. The van der Waals surface area contributed by atoms with Gasteiger partial charge in [0.05, 0.1) is 16.9 Å². The molecular formula is C16H15N7O3S. The number of hydrogen-bond donors (Lipinski definition) is 1. The van der Waals surface area contributed by atoms with Crippen molar-refractivity contribution in [1.82, 2.24) is 25.0 Å². The topological polar surface area (TPSA) is 128 Å². The lowest BCUT2D eigenvalue weighted by Gasteiger charge is -1.98. The highest BCUT2D eigenvalue weighted by Gasteiger charge is 2.10. The number of carbonyl (C=O) groups excluding carboxylic acids is 1. The van der Waals surface area contributed by atoms with Gasteiger partial charge >= 0.3 is 0 Å². The molecule has 2 heterocycles. The SMILES string of the molecule is Cc1cc(C)n2nc(SCC(=O)N/N=C/c3cccc([N+](=O)[O-])c3)nc2n1. The van der Waals surface area contributed by atoms with Gasteiger partial charge in [0, 0.05) is 29.1 Å². The number of non-ortho nitro benzene ring substituents is 1. The van der Waals surface area contributed by atoms with Gasteiger partial charge in [0.25, 0.3) is 17.4 Å². The Bertz CT molecular complexity index is 1050. The van der Waals surface area contributed by atoms with Crippen molar-refractivity contribution in [2.24, 2.45) is 5.10 Å². The molecule has 3 rings (SSSR count). The maximum Gasteiger partial charge on any atom is 0.270 e. The zero-order chi connectivity index (χ0) is 19.4. The van der Waals surface area contributed by atoms with Crippen molar-refractivity contribution in [2.75, 3.05) is 5.75 Å². The molecule has 0 aliphatic carbocycles. The minimum Gasteiger partial charge on any atom is -0.272 e. The maximum atomic E-state index is 11.9. The lowest BCUT2D eigenvalue weighted by molar-refractivity contribution is -0.384. The number of aromatic nitrogens is 4. The van der Waals surface area contributed by atoms with Crippen LogP contribution in [-0.2, 0) is 4.79 Å². The van der Waals surface area contributed by atoms with Gasteiger partial charge in [0.1, 0.15) is 0 Å². The monoisotopic (exact) mass is 385 g/mol. The van der Waals surface area contributed by atoms with E-state index < -0.39 is 4.92 Å². The van der Waals surface area contributed by atoms with Crippen molar-refractivity contribution in [3.05, 3.63) is 57.4 Å². The summed E-state index contributed by atoms with van der Waals surface area (Å²) < 4.78 is 1.62. The minimum absolute atomic E-state index is 0.0436. The van der Waals surface area contributed by atoms with Crippen LogP contribution in [-0.4, -0.2) is 42.4 Å². The molecule has 0 saturated heterocycles. The van der Waals surface area contributed by atoms with Crippen LogP contribution in [0.5, 0.6) is 0 Å². The highest BCUT2D eigenvalue weighted by Crippen LogP contribution is 2.15. The zero-order valence-corrected chi connectivity index (χ0v) is 15.3. The number of rotatable bonds is 6. The first-order chi connectivity index (χ1) is 12.9. The second kappa shape index (κ2) is 7.91. The molecule has 0 aliphatic rings. The van der Waals surface area contributed by atoms with E-state index in [2.05, 4.69) is 25.6 Å². The minimum atomic E-state index is -0.494. The van der Waals surface area contributed by atoms with Gasteiger partial charge < -0.3 is 0 Å². The fraction of sp³-hybridized carbons (Fsp3) is 0.188. The highest BCUT2D eigenvalue weighted by atomic mass is 32.2. The largest absolute Gasteiger partial charge is 0.272 e. The molecule has 11 heteroatoms. The van der Waals surface area contributed by atoms with E-state index in [4.69, 9.17) is 0 Å². The lowest BCUT2D eigenvalue weighted by Crippen LogP contribution is -2.19. The molecule has 0 bridgehead atoms. The van der Waals surface area contributed by atoms with Gasteiger partial charge in [-0.05, 0) is 19.9 Å². The summed E-state index contributed by atoms with van der Waals surface area (Å²) in [5.74, 6) is 0.210. The molecule has 0 aliphatic heterocycles. The van der Waals surface area contributed by atoms with Gasteiger partial charge in [0.2, 0.25) is 5.16 Å². The predicted molar refractivity (Wildman–Crippen MR) is 99.8 cm³/mol. The number of aryl methyl sites for hydroxylation is 2. The third-order valence-electron chi connectivity index (χ3n) is 3.42. The van der Waals surface area contributed by atoms with E-state index in [1.807, 2.05) is 19.9 Å². The number of amides is 1. The zero-order valence-electron chi connectivity index (χ0n) is 14.5. The fourth-order valence-electron chi connectivity index (χ4n) is 2.27. The quantitative estimate of drug-likeness (QED) is 0.297. The Kier molecular flexibility index (Phi) is 5.41. The highest BCUT2D eigenvalue weighted by molar-refractivity contribution is 7.99. The number of fused-ring (bicyclic) bond motifs is 1. The van der Waals surface area contributed by atoms with Crippen molar-refractivity contribution in [2.45, 2.75) is 19.0 Å². The van der Waals surface area contributed by atoms with Gasteiger partial charge in [-0.1, -0.05) is 23.9 Å². The Morgan fingerprint density at radius 1 is 1.37 bits per heavy atom. The Hall–Kier alpha value is -3.34. The molecule has 138 valence electrons. The number of nitro groups is 1. The summed E-state index contributed by atoms with van der Waals surface area (Å²) in [6.07, 6.45) is 1.34. The molecule has 1 amide bonds. The van der Waals surface area contributed by atoms with Crippen molar-refractivity contribution in [3.8, 4) is 0 Å². The van der Waals surface area contributed by atoms with E-state index in [-0.39, 0.29) is 17.3 Å². The molecule has 0 spiro atoms. The second-order valence-corrected chi connectivity index (χ2v) is 6.52. The van der Waals surface area contributed by atoms with E-state index in [0.29, 0.717) is 16.5 Å². The number of nitro benzene ring substituents is 1. The summed E-state index contributed by atoms with van der Waals surface area (Å²) in [6, 6.07) is 7.83. The second-order valence-electron chi connectivity index (χ2n) is 5.58. The normalized spacial score (nSPS) is 11.2. The average Bonchev–Trinajstić information content (AvgIpc) is 3.03. The van der Waals surface area contributed by atoms with Crippen LogP contribution in [0.15, 0.2) is 40.6 Å². The van der Waals surface area contributed by atoms with Crippen LogP contribution in [0.2, 0.25) is 0 Å². The van der Waals surface area contributed by atoms with Crippen LogP contribution in [0.1, 0.15) is 17.0 Å². The van der Waals surface area contributed by atoms with Crippen LogP contribution >= 0.6 is 11.8 Å². The Morgan fingerprint density at radius 2 is 2.19 bits per heavy atom. The maximum absolute atomic E-state index is 11.9. The fourth-order valence-corrected chi connectivity index (χ4v) is 2.88. The molecule has 0 unspecified atom stereocenters. The summed E-state index contributed by atoms with van der Waals surface area (Å²) in [7, 11) is 0. The number of nitrogens with zero attached hydrogens (tertiary/aromatic N) is 6. The third-order valence-corrected chi connectivity index (χ3v) is 4.25. The van der Waals surface area contributed by atoms with Crippen LogP contribution in [0, 0.1) is 24.0 Å². The molecule has 0 fully saturated rings. The van der Waals surface area contributed by atoms with E-state index in [1.54, 1.807) is 16.6 Å². The summed E-state index contributed by atoms with van der Waals surface area (Å²) in [5, 5.41) is 19.3. The van der Waals surface area contributed by atoms with Crippen molar-refractivity contribution < 1.29 is 9.72 Å². The number of benzene rings is 1. The average molecular weight is 385 g/mol. The van der Waals surface area contributed by atoms with E-state index in [9.17, 15) is 14.9 Å². The summed E-state index contributed by atoms with van der Waals surface area (Å²) in [4.78, 5) is 30.7. The van der Waals surface area contributed by atoms with Crippen molar-refractivity contribution in [1.29, 1.82) is 0 Å². The van der Waals surface area contributed by atoms with Gasteiger partial charge in [-0.15, -0.1) is 5.10 Å². The van der Waals surface area contributed by atoms with Crippen LogP contribution in [0.3, 0.4) is 0 Å².